The summed E-state index contributed by atoms with van der Waals surface area (Å²) in [7, 11) is 0. The van der Waals surface area contributed by atoms with Crippen LogP contribution in [0.2, 0.25) is 0 Å². The molecule has 1 aliphatic heterocycles. The summed E-state index contributed by atoms with van der Waals surface area (Å²) in [5, 5.41) is 9.29. The first-order valence-electron chi connectivity index (χ1n) is 7.15. The van der Waals surface area contributed by atoms with E-state index in [9.17, 15) is 14.0 Å². The van der Waals surface area contributed by atoms with Gasteiger partial charge in [0.2, 0.25) is 5.92 Å². The molecule has 0 amide bonds. The van der Waals surface area contributed by atoms with Crippen LogP contribution in [0.15, 0.2) is 6.07 Å². The van der Waals surface area contributed by atoms with Gasteiger partial charge in [0.05, 0.1) is 5.56 Å². The largest absolute Gasteiger partial charge is 0.355 e. The molecular weight excluding hydrogens is 260 g/mol. The topological polar surface area (TPSA) is 39.9 Å². The Balaban J connectivity index is 1.92. The van der Waals surface area contributed by atoms with Crippen molar-refractivity contribution >= 4 is 5.82 Å². The molecule has 5 heteroatoms. The van der Waals surface area contributed by atoms with Gasteiger partial charge >= 0.3 is 0 Å². The highest BCUT2D eigenvalue weighted by molar-refractivity contribution is 5.57. The number of halogens is 2. The van der Waals surface area contributed by atoms with Crippen LogP contribution >= 0.6 is 0 Å². The van der Waals surface area contributed by atoms with Crippen LogP contribution in [0, 0.1) is 11.3 Å². The van der Waals surface area contributed by atoms with Crippen molar-refractivity contribution in [2.75, 3.05) is 18.0 Å². The highest BCUT2D eigenvalue weighted by Gasteiger charge is 2.33. The number of aryl methyl sites for hydroxylation is 2. The van der Waals surface area contributed by atoms with Gasteiger partial charge in [-0.15, -0.1) is 0 Å². The molecule has 1 saturated heterocycles. The predicted octanol–water partition coefficient (Wildman–Crippen LogP) is 3.07. The number of hydrogen-bond acceptors (Lipinski definition) is 3. The molecule has 2 heterocycles. The van der Waals surface area contributed by atoms with Crippen LogP contribution in [0.5, 0.6) is 0 Å². The molecule has 0 unspecified atom stereocenters. The van der Waals surface area contributed by atoms with Crippen molar-refractivity contribution in [2.24, 2.45) is 0 Å². The molecule has 0 N–H and O–H groups in total. The second-order valence-corrected chi connectivity index (χ2v) is 5.63. The smallest absolute Gasteiger partial charge is 0.249 e. The summed E-state index contributed by atoms with van der Waals surface area (Å²) in [6, 6.07) is 4.07. The van der Waals surface area contributed by atoms with Crippen LogP contribution in [0.4, 0.5) is 14.6 Å². The molecule has 0 radical (unpaired) electrons. The molecule has 0 bridgehead atoms. The van der Waals surface area contributed by atoms with Gasteiger partial charge < -0.3 is 4.90 Å². The number of hydrogen-bond donors (Lipinski definition) is 0. The van der Waals surface area contributed by atoms with Crippen molar-refractivity contribution in [2.45, 2.75) is 44.4 Å². The van der Waals surface area contributed by atoms with Gasteiger partial charge in [-0.2, -0.15) is 5.26 Å². The van der Waals surface area contributed by atoms with Crippen LogP contribution in [-0.2, 0) is 12.8 Å². The Morgan fingerprint density at radius 3 is 2.85 bits per heavy atom. The number of pyridine rings is 1. The SMILES string of the molecule is N#Cc1cc2c(nc1N1CCCC(F)(F)CC1)CCC2. The average molecular weight is 277 g/mol. The first-order valence-corrected chi connectivity index (χ1v) is 7.15. The van der Waals surface area contributed by atoms with Crippen molar-refractivity contribution in [1.82, 2.24) is 4.98 Å². The molecule has 3 rings (SSSR count). The second kappa shape index (κ2) is 5.01. The molecule has 106 valence electrons. The minimum Gasteiger partial charge on any atom is -0.355 e. The van der Waals surface area contributed by atoms with E-state index in [1.54, 1.807) is 0 Å². The molecule has 20 heavy (non-hydrogen) atoms. The average Bonchev–Trinajstić information content (AvgIpc) is 2.80. The highest BCUT2D eigenvalue weighted by Crippen LogP contribution is 2.32. The van der Waals surface area contributed by atoms with Crippen LogP contribution in [0.25, 0.3) is 0 Å². The summed E-state index contributed by atoms with van der Waals surface area (Å²) in [4.78, 5) is 6.45. The maximum absolute atomic E-state index is 13.4. The van der Waals surface area contributed by atoms with Gasteiger partial charge in [0.15, 0.2) is 0 Å². The number of alkyl halides is 2. The van der Waals surface area contributed by atoms with Gasteiger partial charge in [0.1, 0.15) is 11.9 Å². The Morgan fingerprint density at radius 1 is 1.20 bits per heavy atom. The third-order valence-electron chi connectivity index (χ3n) is 4.17. The van der Waals surface area contributed by atoms with Crippen molar-refractivity contribution in [3.05, 3.63) is 22.9 Å². The lowest BCUT2D eigenvalue weighted by atomic mass is 10.1. The lowest BCUT2D eigenvalue weighted by Crippen LogP contribution is -2.27. The Morgan fingerprint density at radius 2 is 2.05 bits per heavy atom. The van der Waals surface area contributed by atoms with E-state index in [1.807, 2.05) is 11.0 Å². The van der Waals surface area contributed by atoms with E-state index in [-0.39, 0.29) is 19.4 Å². The normalized spacial score (nSPS) is 21.1. The first kappa shape index (κ1) is 13.3. The zero-order valence-corrected chi connectivity index (χ0v) is 11.3. The van der Waals surface area contributed by atoms with Gasteiger partial charge in [-0.3, -0.25) is 0 Å². The molecule has 1 aromatic heterocycles. The Kier molecular flexibility index (Phi) is 3.33. The van der Waals surface area contributed by atoms with E-state index in [0.717, 1.165) is 30.5 Å². The lowest BCUT2D eigenvalue weighted by Gasteiger charge is -2.23. The maximum atomic E-state index is 13.4. The van der Waals surface area contributed by atoms with Crippen molar-refractivity contribution in [1.29, 1.82) is 5.26 Å². The van der Waals surface area contributed by atoms with E-state index >= 15 is 0 Å². The second-order valence-electron chi connectivity index (χ2n) is 5.63. The monoisotopic (exact) mass is 277 g/mol. The third-order valence-corrected chi connectivity index (χ3v) is 4.17. The molecule has 1 aliphatic carbocycles. The third kappa shape index (κ3) is 2.47. The zero-order chi connectivity index (χ0) is 14.2. The van der Waals surface area contributed by atoms with Crippen LogP contribution < -0.4 is 4.90 Å². The van der Waals surface area contributed by atoms with Gasteiger partial charge in [0, 0.05) is 31.6 Å². The van der Waals surface area contributed by atoms with Gasteiger partial charge in [-0.25, -0.2) is 13.8 Å². The fraction of sp³-hybridized carbons (Fsp3) is 0.600. The molecule has 1 aromatic rings. The predicted molar refractivity (Wildman–Crippen MR) is 72.0 cm³/mol. The number of fused-ring (bicyclic) bond motifs is 1. The summed E-state index contributed by atoms with van der Waals surface area (Å²) >= 11 is 0. The Bertz CT molecular complexity index is 563. The van der Waals surface area contributed by atoms with E-state index in [2.05, 4.69) is 11.1 Å². The molecule has 1 fully saturated rings. The number of nitrogens with zero attached hydrogens (tertiary/aromatic N) is 3. The lowest BCUT2D eigenvalue weighted by molar-refractivity contribution is -0.0102. The van der Waals surface area contributed by atoms with E-state index in [0.29, 0.717) is 24.3 Å². The van der Waals surface area contributed by atoms with Crippen molar-refractivity contribution in [3.8, 4) is 6.07 Å². The van der Waals surface area contributed by atoms with Gasteiger partial charge in [-0.05, 0) is 37.3 Å². The minimum atomic E-state index is -2.59. The molecule has 2 aliphatic rings. The number of aromatic nitrogens is 1. The standard InChI is InChI=1S/C15H17F2N3/c16-15(17)5-2-7-20(8-6-15)14-12(10-18)9-11-3-1-4-13(11)19-14/h9H,1-8H2. The number of rotatable bonds is 1. The van der Waals surface area contributed by atoms with E-state index in [1.165, 1.54) is 0 Å². The maximum Gasteiger partial charge on any atom is 0.249 e. The van der Waals surface area contributed by atoms with Crippen LogP contribution in [0.1, 0.15) is 42.5 Å². The summed E-state index contributed by atoms with van der Waals surface area (Å²) in [6.07, 6.45) is 3.17. The quantitative estimate of drug-likeness (QED) is 0.792. The molecule has 0 spiro atoms. The summed E-state index contributed by atoms with van der Waals surface area (Å²) < 4.78 is 26.9. The molecule has 3 nitrogen and oxygen atoms in total. The zero-order valence-electron chi connectivity index (χ0n) is 11.3. The van der Waals surface area contributed by atoms with Crippen LogP contribution in [-0.4, -0.2) is 24.0 Å². The van der Waals surface area contributed by atoms with Crippen molar-refractivity contribution in [3.63, 3.8) is 0 Å². The molecular formula is C15H17F2N3. The molecule has 0 saturated carbocycles. The van der Waals surface area contributed by atoms with E-state index in [4.69, 9.17) is 0 Å². The fourth-order valence-corrected chi connectivity index (χ4v) is 3.06. The van der Waals surface area contributed by atoms with Gasteiger partial charge in [-0.1, -0.05) is 0 Å². The Labute approximate surface area is 117 Å². The van der Waals surface area contributed by atoms with E-state index < -0.39 is 5.92 Å². The van der Waals surface area contributed by atoms with Gasteiger partial charge in [0.25, 0.3) is 0 Å². The molecule has 0 aromatic carbocycles. The molecule has 0 atom stereocenters. The fourth-order valence-electron chi connectivity index (χ4n) is 3.06. The summed E-state index contributed by atoms with van der Waals surface area (Å²) in [5.74, 6) is -1.98. The highest BCUT2D eigenvalue weighted by atomic mass is 19.3. The number of anilines is 1. The minimum absolute atomic E-state index is 0.0731. The first-order chi connectivity index (χ1) is 9.59. The van der Waals surface area contributed by atoms with Crippen LogP contribution in [0.3, 0.4) is 0 Å². The van der Waals surface area contributed by atoms with Crippen molar-refractivity contribution < 1.29 is 8.78 Å². The Hall–Kier alpha value is -1.70. The number of nitriles is 1. The summed E-state index contributed by atoms with van der Waals surface area (Å²) in [5.41, 5.74) is 2.70. The summed E-state index contributed by atoms with van der Waals surface area (Å²) in [6.45, 7) is 0.823.